The summed E-state index contributed by atoms with van der Waals surface area (Å²) in [5.41, 5.74) is 3.92. The fourth-order valence-corrected chi connectivity index (χ4v) is 3.90. The Morgan fingerprint density at radius 3 is 2.97 bits per heavy atom. The molecule has 3 N–H and O–H groups in total. The predicted molar refractivity (Wildman–Crippen MR) is 124 cm³/mol. The van der Waals surface area contributed by atoms with Crippen molar-refractivity contribution in [2.45, 2.75) is 6.54 Å². The number of aliphatic hydroxyl groups excluding tert-OH is 1. The number of hydrogen-bond donors (Lipinski definition) is 3. The molecule has 3 aromatic rings. The summed E-state index contributed by atoms with van der Waals surface area (Å²) in [4.78, 5) is 36.0. The van der Waals surface area contributed by atoms with Crippen LogP contribution in [-0.4, -0.2) is 64.2 Å². The van der Waals surface area contributed by atoms with Gasteiger partial charge in [-0.3, -0.25) is 18.8 Å². The molecule has 10 nitrogen and oxygen atoms in total. The Balaban J connectivity index is 1.77. The lowest BCUT2D eigenvalue weighted by Gasteiger charge is -2.27. The van der Waals surface area contributed by atoms with Crippen molar-refractivity contribution < 1.29 is 28.7 Å². The molecule has 0 saturated carbocycles. The summed E-state index contributed by atoms with van der Waals surface area (Å²) in [5.74, 6) is -0.979. The molecule has 1 aliphatic rings. The molecule has 0 unspecified atom stereocenters. The van der Waals surface area contributed by atoms with Gasteiger partial charge in [0.05, 0.1) is 42.8 Å². The monoisotopic (exact) mass is 569 g/mol. The number of halogens is 2. The number of pyridine rings is 1. The third kappa shape index (κ3) is 5.24. The van der Waals surface area contributed by atoms with Crippen LogP contribution in [0.4, 0.5) is 15.9 Å². The zero-order valence-electron chi connectivity index (χ0n) is 17.4. The van der Waals surface area contributed by atoms with Gasteiger partial charge in [0.15, 0.2) is 0 Å². The molecule has 1 saturated heterocycles. The fraction of sp³-hybridized carbons (Fsp3) is 0.286. The summed E-state index contributed by atoms with van der Waals surface area (Å²) >= 11 is 2.01. The number of rotatable bonds is 8. The zero-order chi connectivity index (χ0) is 23.4. The number of aliphatic hydroxyl groups is 1. The number of carbonyl (C=O) groups excluding carboxylic acids is 2. The van der Waals surface area contributed by atoms with Gasteiger partial charge in [0.2, 0.25) is 5.91 Å². The lowest BCUT2D eigenvalue weighted by molar-refractivity contribution is -0.143. The smallest absolute Gasteiger partial charge is 0.278 e. The van der Waals surface area contributed by atoms with Gasteiger partial charge in [0.1, 0.15) is 24.6 Å². The minimum absolute atomic E-state index is 0.00358. The van der Waals surface area contributed by atoms with E-state index in [0.717, 1.165) is 3.57 Å². The first-order valence-electron chi connectivity index (χ1n) is 10.1. The molecule has 0 atom stereocenters. The third-order valence-corrected chi connectivity index (χ3v) is 5.69. The number of morpholine rings is 1. The van der Waals surface area contributed by atoms with Crippen molar-refractivity contribution in [2.24, 2.45) is 0 Å². The Kier molecular flexibility index (Phi) is 7.37. The highest BCUT2D eigenvalue weighted by molar-refractivity contribution is 14.1. The second kappa shape index (κ2) is 10.4. The van der Waals surface area contributed by atoms with Crippen molar-refractivity contribution in [2.75, 3.05) is 38.3 Å². The second-order valence-electron chi connectivity index (χ2n) is 7.20. The largest absolute Gasteiger partial charge is 0.394 e. The van der Waals surface area contributed by atoms with E-state index in [9.17, 15) is 14.0 Å². The van der Waals surface area contributed by atoms with E-state index in [1.54, 1.807) is 33.7 Å². The van der Waals surface area contributed by atoms with E-state index in [4.69, 9.17) is 14.7 Å². The molecule has 1 aliphatic heterocycles. The molecule has 33 heavy (non-hydrogen) atoms. The van der Waals surface area contributed by atoms with Crippen molar-refractivity contribution in [1.29, 1.82) is 0 Å². The van der Waals surface area contributed by atoms with Gasteiger partial charge in [-0.05, 0) is 52.4 Å². The molecule has 0 aliphatic carbocycles. The molecule has 1 aromatic carbocycles. The topological polar surface area (TPSA) is 117 Å². The Hall–Kier alpha value is -2.81. The molecule has 0 radical (unpaired) electrons. The normalized spacial score (nSPS) is 14.0. The van der Waals surface area contributed by atoms with Crippen LogP contribution in [0.15, 0.2) is 36.8 Å². The Morgan fingerprint density at radius 1 is 1.36 bits per heavy atom. The van der Waals surface area contributed by atoms with Gasteiger partial charge >= 0.3 is 0 Å². The molecule has 2 aromatic heterocycles. The van der Waals surface area contributed by atoms with Crippen LogP contribution in [0.3, 0.4) is 0 Å². The van der Waals surface area contributed by atoms with Gasteiger partial charge in [-0.25, -0.2) is 14.9 Å². The highest BCUT2D eigenvalue weighted by Crippen LogP contribution is 2.29. The summed E-state index contributed by atoms with van der Waals surface area (Å²) in [5, 5.41) is 11.9. The lowest BCUT2D eigenvalue weighted by Crippen LogP contribution is -2.41. The molecule has 0 bridgehead atoms. The van der Waals surface area contributed by atoms with E-state index in [1.807, 2.05) is 22.6 Å². The van der Waals surface area contributed by atoms with E-state index < -0.39 is 11.7 Å². The Morgan fingerprint density at radius 2 is 2.21 bits per heavy atom. The summed E-state index contributed by atoms with van der Waals surface area (Å²) in [6, 6.07) is 6.30. The van der Waals surface area contributed by atoms with E-state index >= 15 is 0 Å². The number of hydrogen-bond acceptors (Lipinski definition) is 7. The maximum Gasteiger partial charge on any atom is 0.278 e. The maximum absolute atomic E-state index is 14.6. The highest BCUT2D eigenvalue weighted by atomic mass is 127. The van der Waals surface area contributed by atoms with E-state index in [1.165, 1.54) is 12.4 Å². The van der Waals surface area contributed by atoms with Crippen LogP contribution in [0, 0.1) is 9.39 Å². The number of carbonyl (C=O) groups is 2. The number of aromatic nitrogens is 2. The average Bonchev–Trinajstić information content (AvgIpc) is 3.29. The molecule has 174 valence electrons. The molecular weight excluding hydrogens is 548 g/mol. The minimum Gasteiger partial charge on any atom is -0.394 e. The SMILES string of the molecule is O=C(NOCCO)c1cc(CN2CCOCC2=O)c2cncn2c1Nc1ccc(I)cc1F. The van der Waals surface area contributed by atoms with E-state index in [2.05, 4.69) is 15.8 Å². The van der Waals surface area contributed by atoms with E-state index in [0.29, 0.717) is 24.2 Å². The van der Waals surface area contributed by atoms with Crippen molar-refractivity contribution in [1.82, 2.24) is 19.8 Å². The standard InChI is InChI=1S/C21H21FIN5O5/c22-16-8-14(23)1-2-17(16)25-20-15(21(31)26-33-6-4-29)7-13(18-9-24-12-28(18)20)10-27-3-5-32-11-19(27)30/h1-2,7-9,12,25,29H,3-6,10-11H2,(H,26,31). The zero-order valence-corrected chi connectivity index (χ0v) is 19.5. The fourth-order valence-electron chi connectivity index (χ4n) is 3.44. The molecule has 2 amide bonds. The number of nitrogens with one attached hydrogen (secondary N) is 2. The summed E-state index contributed by atoms with van der Waals surface area (Å²) in [7, 11) is 0. The highest BCUT2D eigenvalue weighted by Gasteiger charge is 2.24. The number of hydroxylamine groups is 1. The van der Waals surface area contributed by atoms with Gasteiger partial charge in [-0.15, -0.1) is 0 Å². The first-order valence-corrected chi connectivity index (χ1v) is 11.1. The number of ether oxygens (including phenoxy) is 1. The van der Waals surface area contributed by atoms with Crippen LogP contribution in [-0.2, 0) is 20.9 Å². The second-order valence-corrected chi connectivity index (χ2v) is 8.45. The maximum atomic E-state index is 14.6. The quantitative estimate of drug-likeness (QED) is 0.215. The molecule has 4 rings (SSSR count). The van der Waals surface area contributed by atoms with Crippen LogP contribution >= 0.6 is 22.6 Å². The molecular formula is C21H21FIN5O5. The summed E-state index contributed by atoms with van der Waals surface area (Å²) in [6.07, 6.45) is 3.11. The predicted octanol–water partition coefficient (Wildman–Crippen LogP) is 1.83. The summed E-state index contributed by atoms with van der Waals surface area (Å²) < 4.78 is 22.1. The van der Waals surface area contributed by atoms with Gasteiger partial charge in [0, 0.05) is 16.7 Å². The summed E-state index contributed by atoms with van der Waals surface area (Å²) in [6.45, 7) is 0.730. The van der Waals surface area contributed by atoms with Crippen molar-refractivity contribution >= 4 is 51.4 Å². The molecule has 3 heterocycles. The first kappa shape index (κ1) is 23.4. The average molecular weight is 569 g/mol. The molecule has 12 heteroatoms. The van der Waals surface area contributed by atoms with Crippen molar-refractivity contribution in [3.8, 4) is 0 Å². The first-order chi connectivity index (χ1) is 16.0. The number of anilines is 2. The van der Waals surface area contributed by atoms with Crippen molar-refractivity contribution in [3.63, 3.8) is 0 Å². The minimum atomic E-state index is -0.609. The lowest BCUT2D eigenvalue weighted by atomic mass is 10.1. The van der Waals surface area contributed by atoms with Gasteiger partial charge < -0.3 is 20.1 Å². The van der Waals surface area contributed by atoms with Crippen LogP contribution < -0.4 is 10.8 Å². The van der Waals surface area contributed by atoms with Crippen molar-refractivity contribution in [3.05, 3.63) is 57.3 Å². The van der Waals surface area contributed by atoms with Gasteiger partial charge in [-0.2, -0.15) is 0 Å². The van der Waals surface area contributed by atoms with Crippen LogP contribution in [0.25, 0.3) is 5.52 Å². The van der Waals surface area contributed by atoms with E-state index in [-0.39, 0.29) is 49.3 Å². The van der Waals surface area contributed by atoms with Crippen LogP contribution in [0.2, 0.25) is 0 Å². The number of benzene rings is 1. The van der Waals surface area contributed by atoms with Gasteiger partial charge in [-0.1, -0.05) is 0 Å². The number of fused-ring (bicyclic) bond motifs is 1. The molecule has 1 fully saturated rings. The van der Waals surface area contributed by atoms with Gasteiger partial charge in [0.25, 0.3) is 5.91 Å². The van der Waals surface area contributed by atoms with Crippen LogP contribution in [0.5, 0.6) is 0 Å². The number of nitrogens with zero attached hydrogens (tertiary/aromatic N) is 3. The Labute approximate surface area is 201 Å². The number of imidazole rings is 1. The molecule has 0 spiro atoms. The third-order valence-electron chi connectivity index (χ3n) is 5.01. The van der Waals surface area contributed by atoms with Crippen LogP contribution in [0.1, 0.15) is 15.9 Å². The number of amides is 2. The Bertz CT molecular complexity index is 1190.